The van der Waals surface area contributed by atoms with E-state index in [0.717, 1.165) is 11.8 Å². The number of amides is 1. The first-order chi connectivity index (χ1) is 9.47. The summed E-state index contributed by atoms with van der Waals surface area (Å²) < 4.78 is 4.97. The fourth-order valence-corrected chi connectivity index (χ4v) is 1.81. The molecule has 1 N–H and O–H groups in total. The minimum absolute atomic E-state index is 0.00105. The molecule has 0 aliphatic rings. The number of hydrogen-bond acceptors (Lipinski definition) is 3. The smallest absolute Gasteiger partial charge is 0.338 e. The van der Waals surface area contributed by atoms with Crippen LogP contribution < -0.4 is 0 Å². The Hall–Kier alpha value is -2.27. The molecule has 5 nitrogen and oxygen atoms in total. The summed E-state index contributed by atoms with van der Waals surface area (Å²) in [6, 6.07) is 8.33. The molecule has 1 aromatic heterocycles. The van der Waals surface area contributed by atoms with Crippen LogP contribution >= 0.6 is 11.6 Å². The van der Waals surface area contributed by atoms with Gasteiger partial charge in [-0.25, -0.2) is 4.79 Å². The van der Waals surface area contributed by atoms with E-state index in [1.54, 1.807) is 19.2 Å². The molecule has 104 valence electrons. The summed E-state index contributed by atoms with van der Waals surface area (Å²) in [6.45, 7) is 0.374. The van der Waals surface area contributed by atoms with E-state index in [0.29, 0.717) is 11.6 Å². The molecule has 0 saturated carbocycles. The van der Waals surface area contributed by atoms with Gasteiger partial charge in [-0.15, -0.1) is 0 Å². The Kier molecular flexibility index (Phi) is 4.10. The molecule has 20 heavy (non-hydrogen) atoms. The van der Waals surface area contributed by atoms with E-state index in [1.807, 2.05) is 12.1 Å². The van der Waals surface area contributed by atoms with Crippen LogP contribution in [0, 0.1) is 0 Å². The molecule has 1 amide bonds. The van der Waals surface area contributed by atoms with Gasteiger partial charge in [0, 0.05) is 24.7 Å². The topological polar surface area (TPSA) is 70.8 Å². The summed E-state index contributed by atoms with van der Waals surface area (Å²) >= 11 is 5.79. The van der Waals surface area contributed by atoms with Crippen molar-refractivity contribution >= 4 is 23.5 Å². The minimum atomic E-state index is -1.13. The maximum absolute atomic E-state index is 12.1. The molecule has 0 radical (unpaired) electrons. The summed E-state index contributed by atoms with van der Waals surface area (Å²) in [6.07, 6.45) is 1.05. The molecule has 2 aromatic rings. The van der Waals surface area contributed by atoms with Crippen LogP contribution in [0.3, 0.4) is 0 Å². The monoisotopic (exact) mass is 293 g/mol. The number of nitrogens with zero attached hydrogens (tertiary/aromatic N) is 1. The average molecular weight is 294 g/mol. The number of carboxylic acids is 1. The van der Waals surface area contributed by atoms with Crippen LogP contribution in [0.2, 0.25) is 5.02 Å². The zero-order valence-electron chi connectivity index (χ0n) is 10.7. The van der Waals surface area contributed by atoms with E-state index in [2.05, 4.69) is 0 Å². The van der Waals surface area contributed by atoms with Gasteiger partial charge in [0.1, 0.15) is 6.26 Å². The lowest BCUT2D eigenvalue weighted by atomic mass is 10.2. The molecule has 2 rings (SSSR count). The first-order valence-electron chi connectivity index (χ1n) is 5.79. The predicted octanol–water partition coefficient (Wildman–Crippen LogP) is 2.90. The number of rotatable bonds is 4. The highest BCUT2D eigenvalue weighted by molar-refractivity contribution is 6.30. The van der Waals surface area contributed by atoms with Gasteiger partial charge in [-0.2, -0.15) is 0 Å². The number of aromatic carboxylic acids is 1. The molecule has 1 heterocycles. The van der Waals surface area contributed by atoms with Crippen molar-refractivity contribution in [3.8, 4) is 0 Å². The predicted molar refractivity (Wildman–Crippen MR) is 72.9 cm³/mol. The highest BCUT2D eigenvalue weighted by Crippen LogP contribution is 2.14. The van der Waals surface area contributed by atoms with Crippen LogP contribution in [0.25, 0.3) is 0 Å². The molecule has 0 spiro atoms. The molecule has 0 unspecified atom stereocenters. The molecular formula is C14H12ClNO4. The minimum Gasteiger partial charge on any atom is -0.478 e. The van der Waals surface area contributed by atoms with Crippen molar-refractivity contribution in [2.45, 2.75) is 6.54 Å². The second kappa shape index (κ2) is 5.79. The largest absolute Gasteiger partial charge is 0.478 e. The highest BCUT2D eigenvalue weighted by Gasteiger charge is 2.18. The second-order valence-electron chi connectivity index (χ2n) is 4.29. The van der Waals surface area contributed by atoms with Crippen molar-refractivity contribution in [1.29, 1.82) is 0 Å². The summed E-state index contributed by atoms with van der Waals surface area (Å²) in [7, 11) is 1.61. The van der Waals surface area contributed by atoms with Crippen molar-refractivity contribution < 1.29 is 19.1 Å². The maximum Gasteiger partial charge on any atom is 0.338 e. The van der Waals surface area contributed by atoms with Crippen LogP contribution in [-0.2, 0) is 6.54 Å². The van der Waals surface area contributed by atoms with E-state index >= 15 is 0 Å². The van der Waals surface area contributed by atoms with Crippen LogP contribution in [0.1, 0.15) is 26.5 Å². The second-order valence-corrected chi connectivity index (χ2v) is 4.73. The van der Waals surface area contributed by atoms with Crippen LogP contribution in [0.5, 0.6) is 0 Å². The standard InChI is InChI=1S/C14H12ClNO4/c1-16(7-9-2-4-11(15)5-3-9)13(17)12-6-10(8-20-12)14(18)19/h2-6,8H,7H2,1H3,(H,18,19). The van der Waals surface area contributed by atoms with Gasteiger partial charge < -0.3 is 14.4 Å². The fourth-order valence-electron chi connectivity index (χ4n) is 1.68. The Morgan fingerprint density at radius 1 is 1.30 bits per heavy atom. The molecule has 0 aliphatic heterocycles. The number of carbonyl (C=O) groups is 2. The lowest BCUT2D eigenvalue weighted by Gasteiger charge is -2.15. The van der Waals surface area contributed by atoms with E-state index in [-0.39, 0.29) is 17.2 Å². The summed E-state index contributed by atoms with van der Waals surface area (Å²) in [5.41, 5.74) is 0.864. The molecular weight excluding hydrogens is 282 g/mol. The lowest BCUT2D eigenvalue weighted by Crippen LogP contribution is -2.25. The van der Waals surface area contributed by atoms with Gasteiger partial charge >= 0.3 is 5.97 Å². The van der Waals surface area contributed by atoms with E-state index in [9.17, 15) is 9.59 Å². The first-order valence-corrected chi connectivity index (χ1v) is 6.17. The third-order valence-corrected chi connectivity index (χ3v) is 2.99. The Labute approximate surface area is 120 Å². The van der Waals surface area contributed by atoms with Crippen LogP contribution in [0.4, 0.5) is 0 Å². The van der Waals surface area contributed by atoms with Crippen molar-refractivity contribution in [2.24, 2.45) is 0 Å². The Bertz CT molecular complexity index is 633. The van der Waals surface area contributed by atoms with Gasteiger partial charge in [-0.05, 0) is 17.7 Å². The van der Waals surface area contributed by atoms with Crippen molar-refractivity contribution in [3.05, 3.63) is 58.5 Å². The maximum atomic E-state index is 12.1. The van der Waals surface area contributed by atoms with E-state index in [4.69, 9.17) is 21.1 Å². The van der Waals surface area contributed by atoms with E-state index < -0.39 is 5.97 Å². The Morgan fingerprint density at radius 2 is 1.95 bits per heavy atom. The molecule has 0 saturated heterocycles. The molecule has 0 aliphatic carbocycles. The van der Waals surface area contributed by atoms with Gasteiger partial charge in [0.05, 0.1) is 5.56 Å². The number of benzene rings is 1. The number of furan rings is 1. The Morgan fingerprint density at radius 3 is 2.50 bits per heavy atom. The summed E-state index contributed by atoms with van der Waals surface area (Å²) in [5.74, 6) is -1.51. The average Bonchev–Trinajstić information content (AvgIpc) is 2.90. The highest BCUT2D eigenvalue weighted by atomic mass is 35.5. The van der Waals surface area contributed by atoms with Gasteiger partial charge in [-0.1, -0.05) is 23.7 Å². The number of halogens is 1. The number of carboxylic acid groups (broad SMARTS) is 1. The molecule has 0 fully saturated rings. The third-order valence-electron chi connectivity index (χ3n) is 2.74. The summed E-state index contributed by atoms with van der Waals surface area (Å²) in [5, 5.41) is 9.41. The van der Waals surface area contributed by atoms with Crippen molar-refractivity contribution in [3.63, 3.8) is 0 Å². The first kappa shape index (κ1) is 14.1. The van der Waals surface area contributed by atoms with Crippen LogP contribution in [-0.4, -0.2) is 28.9 Å². The van der Waals surface area contributed by atoms with E-state index in [1.165, 1.54) is 11.0 Å². The third kappa shape index (κ3) is 3.19. The van der Waals surface area contributed by atoms with Crippen molar-refractivity contribution in [1.82, 2.24) is 4.90 Å². The van der Waals surface area contributed by atoms with Crippen molar-refractivity contribution in [2.75, 3.05) is 7.05 Å². The van der Waals surface area contributed by atoms with Gasteiger partial charge in [-0.3, -0.25) is 4.79 Å². The quantitative estimate of drug-likeness (QED) is 0.941. The Balaban J connectivity index is 2.07. The van der Waals surface area contributed by atoms with Gasteiger partial charge in [0.25, 0.3) is 5.91 Å². The van der Waals surface area contributed by atoms with Crippen LogP contribution in [0.15, 0.2) is 41.0 Å². The zero-order valence-corrected chi connectivity index (χ0v) is 11.4. The number of hydrogen-bond donors (Lipinski definition) is 1. The fraction of sp³-hybridized carbons (Fsp3) is 0.143. The zero-order chi connectivity index (χ0) is 14.7. The summed E-state index contributed by atoms with van der Waals surface area (Å²) in [4.78, 5) is 24.2. The molecule has 1 aromatic carbocycles. The normalized spacial score (nSPS) is 10.3. The molecule has 0 bridgehead atoms. The number of carbonyl (C=O) groups excluding carboxylic acids is 1. The molecule has 6 heteroatoms. The van der Waals surface area contributed by atoms with Gasteiger partial charge in [0.15, 0.2) is 5.76 Å². The SMILES string of the molecule is CN(Cc1ccc(Cl)cc1)C(=O)c1cc(C(=O)O)co1. The molecule has 0 atom stereocenters. The van der Waals surface area contributed by atoms with Gasteiger partial charge in [0.2, 0.25) is 0 Å². The lowest BCUT2D eigenvalue weighted by molar-refractivity contribution is 0.0695.